The minimum Gasteiger partial charge on any atom is -0.462 e. The van der Waals surface area contributed by atoms with Gasteiger partial charge in [-0.05, 0) is 27.7 Å². The van der Waals surface area contributed by atoms with E-state index < -0.39 is 43.1 Å². The zero-order chi connectivity index (χ0) is 22.6. The molecule has 12 nitrogen and oxygen atoms in total. The second-order valence-electron chi connectivity index (χ2n) is 7.92. The summed E-state index contributed by atoms with van der Waals surface area (Å²) in [5.74, 6) is -0.345. The molecule has 170 valence electrons. The largest absolute Gasteiger partial charge is 0.462 e. The Kier molecular flexibility index (Phi) is 5.74. The Balaban J connectivity index is 1.55. The minimum atomic E-state index is -3.86. The molecule has 0 aliphatic carbocycles. The van der Waals surface area contributed by atoms with Crippen molar-refractivity contribution in [1.82, 2.24) is 24.6 Å². The van der Waals surface area contributed by atoms with Gasteiger partial charge in [0.05, 0.1) is 19.0 Å². The van der Waals surface area contributed by atoms with Crippen LogP contribution in [0.15, 0.2) is 12.7 Å². The van der Waals surface area contributed by atoms with Gasteiger partial charge < -0.3 is 15.2 Å². The van der Waals surface area contributed by atoms with Crippen molar-refractivity contribution in [2.24, 2.45) is 0 Å². The molecule has 0 bridgehead atoms. The molecular weight excluding hydrogens is 451 g/mol. The fraction of sp³-hybridized carbons (Fsp3) is 0.647. The van der Waals surface area contributed by atoms with Crippen LogP contribution in [0.25, 0.3) is 11.2 Å². The van der Waals surface area contributed by atoms with Crippen molar-refractivity contribution in [1.29, 1.82) is 0 Å². The maximum absolute atomic E-state index is 13.2. The number of nitrogen functional groups attached to an aromatic ring is 1. The normalized spacial score (nSPS) is 34.1. The number of carbonyl (C=O) groups is 1. The van der Waals surface area contributed by atoms with Crippen LogP contribution in [-0.4, -0.2) is 61.3 Å². The lowest BCUT2D eigenvalue weighted by Crippen LogP contribution is -2.47. The van der Waals surface area contributed by atoms with Crippen LogP contribution in [0.2, 0.25) is 0 Å². The van der Waals surface area contributed by atoms with Crippen LogP contribution in [0.5, 0.6) is 0 Å². The van der Waals surface area contributed by atoms with Crippen molar-refractivity contribution >= 4 is 42.3 Å². The molecule has 4 rings (SSSR count). The third kappa shape index (κ3) is 4.04. The Bertz CT molecular complexity index is 1050. The molecule has 2 aliphatic heterocycles. The van der Waals surface area contributed by atoms with Crippen molar-refractivity contribution in [3.63, 3.8) is 0 Å². The summed E-state index contributed by atoms with van der Waals surface area (Å²) < 4.78 is 37.2. The third-order valence-corrected chi connectivity index (χ3v) is 7.14. The Morgan fingerprint density at radius 3 is 2.87 bits per heavy atom. The van der Waals surface area contributed by atoms with Gasteiger partial charge in [0.1, 0.15) is 35.0 Å². The molecule has 0 amide bonds. The first kappa shape index (κ1) is 22.4. The molecule has 6 unspecified atom stereocenters. The first-order valence-corrected chi connectivity index (χ1v) is 11.6. The SMILES string of the molecule is CC(C)OC(=O)C(C)NP1(=O)OCC2OC(n3cnc4c(N)ncnc43)C(C)(Cl)C2O1. The fourth-order valence-corrected chi connectivity index (χ4v) is 5.77. The van der Waals surface area contributed by atoms with Gasteiger partial charge in [-0.25, -0.2) is 24.6 Å². The summed E-state index contributed by atoms with van der Waals surface area (Å²) in [5, 5.41) is 2.60. The summed E-state index contributed by atoms with van der Waals surface area (Å²) in [5.41, 5.74) is 6.71. The summed E-state index contributed by atoms with van der Waals surface area (Å²) in [6.07, 6.45) is 0.331. The molecule has 31 heavy (non-hydrogen) atoms. The van der Waals surface area contributed by atoms with Gasteiger partial charge in [-0.1, -0.05) is 0 Å². The van der Waals surface area contributed by atoms with Crippen molar-refractivity contribution in [3.05, 3.63) is 12.7 Å². The van der Waals surface area contributed by atoms with Gasteiger partial charge in [-0.2, -0.15) is 0 Å². The summed E-state index contributed by atoms with van der Waals surface area (Å²) in [6.45, 7) is 6.60. The molecule has 0 radical (unpaired) electrons. The van der Waals surface area contributed by atoms with Crippen molar-refractivity contribution in [2.75, 3.05) is 12.3 Å². The molecule has 6 atom stereocenters. The molecule has 2 aromatic heterocycles. The van der Waals surface area contributed by atoms with Crippen LogP contribution in [0.3, 0.4) is 0 Å². The average Bonchev–Trinajstić information content (AvgIpc) is 3.21. The highest BCUT2D eigenvalue weighted by molar-refractivity contribution is 7.51. The molecular formula is C17H24ClN6O6P. The zero-order valence-electron chi connectivity index (χ0n) is 17.4. The number of fused-ring (bicyclic) bond motifs is 2. The van der Waals surface area contributed by atoms with Gasteiger partial charge >= 0.3 is 13.7 Å². The van der Waals surface area contributed by atoms with Crippen LogP contribution in [0, 0.1) is 0 Å². The van der Waals surface area contributed by atoms with Crippen molar-refractivity contribution < 1.29 is 27.9 Å². The first-order valence-electron chi connectivity index (χ1n) is 9.70. The smallest absolute Gasteiger partial charge is 0.406 e. The zero-order valence-corrected chi connectivity index (χ0v) is 19.0. The van der Waals surface area contributed by atoms with E-state index in [-0.39, 0.29) is 18.5 Å². The maximum Gasteiger partial charge on any atom is 0.406 e. The number of carbonyl (C=O) groups excluding carboxylic acids is 1. The second-order valence-corrected chi connectivity index (χ2v) is 10.5. The van der Waals surface area contributed by atoms with Gasteiger partial charge in [-0.15, -0.1) is 11.6 Å². The summed E-state index contributed by atoms with van der Waals surface area (Å²) in [4.78, 5) is 23.3. The number of nitrogens with one attached hydrogen (secondary N) is 1. The lowest BCUT2D eigenvalue weighted by molar-refractivity contribution is -0.149. The third-order valence-electron chi connectivity index (χ3n) is 5.04. The van der Waals surface area contributed by atoms with Crippen LogP contribution in [0.1, 0.15) is 33.9 Å². The second kappa shape index (κ2) is 7.95. The maximum atomic E-state index is 13.2. The molecule has 0 aromatic carbocycles. The molecule has 2 saturated heterocycles. The van der Waals surface area contributed by atoms with E-state index in [0.29, 0.717) is 11.2 Å². The average molecular weight is 475 g/mol. The molecule has 4 heterocycles. The molecule has 2 aromatic rings. The Hall–Kier alpha value is -1.82. The van der Waals surface area contributed by atoms with E-state index in [1.54, 1.807) is 25.3 Å². The first-order chi connectivity index (χ1) is 14.5. The number of nitrogens with two attached hydrogens (primary N) is 1. The van der Waals surface area contributed by atoms with Gasteiger partial charge in [0.25, 0.3) is 0 Å². The van der Waals surface area contributed by atoms with Crippen LogP contribution in [0.4, 0.5) is 5.82 Å². The number of rotatable bonds is 5. The molecule has 0 saturated carbocycles. The molecule has 2 aliphatic rings. The fourth-order valence-electron chi connectivity index (χ4n) is 3.59. The molecule has 2 fully saturated rings. The monoisotopic (exact) mass is 474 g/mol. The number of nitrogens with zero attached hydrogens (tertiary/aromatic N) is 4. The number of hydrogen-bond acceptors (Lipinski definition) is 10. The number of imidazole rings is 1. The van der Waals surface area contributed by atoms with E-state index in [2.05, 4.69) is 20.0 Å². The van der Waals surface area contributed by atoms with E-state index >= 15 is 0 Å². The van der Waals surface area contributed by atoms with E-state index in [9.17, 15) is 9.36 Å². The number of halogens is 1. The number of ether oxygens (including phenoxy) is 2. The van der Waals surface area contributed by atoms with E-state index in [4.69, 9.17) is 35.9 Å². The standard InChI is InChI=1S/C17H24ClN6O6P/c1-8(2)28-15(25)9(3)23-31(26)27-5-10-12(30-31)17(4,18)16(29-10)24-7-22-11-13(19)20-6-21-14(11)24/h6-10,12,16H,5H2,1-4H3,(H,23,26)(H2,19,20,21). The number of aromatic nitrogens is 4. The highest BCUT2D eigenvalue weighted by Crippen LogP contribution is 2.57. The van der Waals surface area contributed by atoms with Crippen molar-refractivity contribution in [3.8, 4) is 0 Å². The quantitative estimate of drug-likeness (QED) is 0.370. The van der Waals surface area contributed by atoms with Crippen molar-refractivity contribution in [2.45, 2.75) is 63.2 Å². The number of anilines is 1. The topological polar surface area (TPSA) is 153 Å². The summed E-state index contributed by atoms with van der Waals surface area (Å²) in [6, 6.07) is -0.915. The van der Waals surface area contributed by atoms with Gasteiger partial charge in [0, 0.05) is 0 Å². The predicted molar refractivity (Wildman–Crippen MR) is 110 cm³/mol. The lowest BCUT2D eigenvalue weighted by atomic mass is 10.0. The highest BCUT2D eigenvalue weighted by Gasteiger charge is 2.60. The number of hydrogen-bond donors (Lipinski definition) is 2. The van der Waals surface area contributed by atoms with Crippen LogP contribution < -0.4 is 10.8 Å². The van der Waals surface area contributed by atoms with Crippen LogP contribution in [-0.2, 0) is 27.9 Å². The Morgan fingerprint density at radius 2 is 2.16 bits per heavy atom. The van der Waals surface area contributed by atoms with E-state index in [0.717, 1.165) is 0 Å². The number of alkyl halides is 1. The molecule has 0 spiro atoms. The predicted octanol–water partition coefficient (Wildman–Crippen LogP) is 1.76. The summed E-state index contributed by atoms with van der Waals surface area (Å²) in [7, 11) is -3.86. The van der Waals surface area contributed by atoms with Gasteiger partial charge in [-0.3, -0.25) is 18.4 Å². The van der Waals surface area contributed by atoms with E-state index in [1.807, 2.05) is 0 Å². The van der Waals surface area contributed by atoms with Crippen LogP contribution >= 0.6 is 19.3 Å². The number of esters is 1. The lowest BCUT2D eigenvalue weighted by Gasteiger charge is -2.36. The molecule has 14 heteroatoms. The molecule has 3 N–H and O–H groups in total. The minimum absolute atomic E-state index is 0.0521. The van der Waals surface area contributed by atoms with Gasteiger partial charge in [0.15, 0.2) is 17.7 Å². The van der Waals surface area contributed by atoms with E-state index in [1.165, 1.54) is 19.6 Å². The Morgan fingerprint density at radius 1 is 1.42 bits per heavy atom. The highest BCUT2D eigenvalue weighted by atomic mass is 35.5. The summed E-state index contributed by atoms with van der Waals surface area (Å²) >= 11 is 6.86. The van der Waals surface area contributed by atoms with Gasteiger partial charge in [0.2, 0.25) is 0 Å². The Labute approximate surface area is 183 Å².